The van der Waals surface area contributed by atoms with Gasteiger partial charge in [0.2, 0.25) is 0 Å². The van der Waals surface area contributed by atoms with Crippen LogP contribution < -0.4 is 4.90 Å². The molecule has 2 atom stereocenters. The smallest absolute Gasteiger partial charge is 0.175 e. The van der Waals surface area contributed by atoms with E-state index in [1.807, 2.05) is 25.3 Å². The van der Waals surface area contributed by atoms with E-state index in [1.165, 1.54) is 19.3 Å². The maximum Gasteiger partial charge on any atom is 0.175 e. The molecule has 0 aliphatic carbocycles. The van der Waals surface area contributed by atoms with E-state index in [4.69, 9.17) is 0 Å². The fourth-order valence-electron chi connectivity index (χ4n) is 4.31. The van der Waals surface area contributed by atoms with Gasteiger partial charge in [0, 0.05) is 37.4 Å². The van der Waals surface area contributed by atoms with Crippen LogP contribution in [0.15, 0.2) is 24.4 Å². The summed E-state index contributed by atoms with van der Waals surface area (Å²) in [5.74, 6) is 1.76. The molecule has 2 aromatic rings. The zero-order valence-corrected chi connectivity index (χ0v) is 14.8. The van der Waals surface area contributed by atoms with Gasteiger partial charge in [-0.2, -0.15) is 5.10 Å². The van der Waals surface area contributed by atoms with Crippen molar-refractivity contribution < 1.29 is 0 Å². The predicted octanol–water partition coefficient (Wildman–Crippen LogP) is 2.42. The van der Waals surface area contributed by atoms with Crippen LogP contribution in [0.3, 0.4) is 0 Å². The molecule has 0 N–H and O–H groups in total. The highest BCUT2D eigenvalue weighted by molar-refractivity contribution is 5.40. The maximum atomic E-state index is 4.48. The van der Waals surface area contributed by atoms with Gasteiger partial charge in [0.25, 0.3) is 0 Å². The van der Waals surface area contributed by atoms with Crippen molar-refractivity contribution in [3.8, 4) is 5.82 Å². The van der Waals surface area contributed by atoms with Crippen LogP contribution in [0.1, 0.15) is 38.8 Å². The Bertz CT molecular complexity index is 692. The molecule has 2 saturated heterocycles. The first-order valence-electron chi connectivity index (χ1n) is 9.00. The highest BCUT2D eigenvalue weighted by Crippen LogP contribution is 2.33. The number of aryl methyl sites for hydroxylation is 1. The molecule has 6 nitrogen and oxygen atoms in total. The van der Waals surface area contributed by atoms with Crippen LogP contribution in [0.2, 0.25) is 0 Å². The zero-order valence-electron chi connectivity index (χ0n) is 14.8. The Labute approximate surface area is 143 Å². The molecule has 24 heavy (non-hydrogen) atoms. The summed E-state index contributed by atoms with van der Waals surface area (Å²) in [6.07, 6.45) is 5.79. The van der Waals surface area contributed by atoms with Crippen LogP contribution in [0.25, 0.3) is 5.82 Å². The average molecular weight is 326 g/mol. The molecule has 128 valence electrons. The molecule has 4 rings (SSSR count). The van der Waals surface area contributed by atoms with Gasteiger partial charge in [0.15, 0.2) is 11.6 Å². The van der Waals surface area contributed by atoms with Gasteiger partial charge in [-0.15, -0.1) is 10.2 Å². The molecular formula is C18H26N6. The van der Waals surface area contributed by atoms with E-state index in [2.05, 4.69) is 45.0 Å². The third kappa shape index (κ3) is 2.79. The summed E-state index contributed by atoms with van der Waals surface area (Å²) in [5.41, 5.74) is 0.984. The number of hydrogen-bond donors (Lipinski definition) is 0. The molecular weight excluding hydrogens is 300 g/mol. The van der Waals surface area contributed by atoms with Crippen molar-refractivity contribution in [2.24, 2.45) is 0 Å². The van der Waals surface area contributed by atoms with Gasteiger partial charge in [0.1, 0.15) is 0 Å². The van der Waals surface area contributed by atoms with Gasteiger partial charge in [-0.3, -0.25) is 4.90 Å². The topological polar surface area (TPSA) is 50.1 Å². The van der Waals surface area contributed by atoms with Gasteiger partial charge in [-0.1, -0.05) is 0 Å². The Hall–Kier alpha value is -1.95. The molecule has 4 heterocycles. The van der Waals surface area contributed by atoms with Crippen LogP contribution in [-0.2, 0) is 0 Å². The van der Waals surface area contributed by atoms with Crippen molar-refractivity contribution in [2.75, 3.05) is 18.0 Å². The normalized spacial score (nSPS) is 24.6. The summed E-state index contributed by atoms with van der Waals surface area (Å²) in [5, 5.41) is 13.3. The summed E-state index contributed by atoms with van der Waals surface area (Å²) >= 11 is 0. The molecule has 2 aromatic heterocycles. The van der Waals surface area contributed by atoms with Gasteiger partial charge in [-0.25, -0.2) is 4.68 Å². The fraction of sp³-hybridized carbons (Fsp3) is 0.611. The molecule has 6 heteroatoms. The van der Waals surface area contributed by atoms with Gasteiger partial charge >= 0.3 is 0 Å². The largest absolute Gasteiger partial charge is 0.354 e. The lowest BCUT2D eigenvalue weighted by molar-refractivity contribution is 0.158. The van der Waals surface area contributed by atoms with E-state index >= 15 is 0 Å². The summed E-state index contributed by atoms with van der Waals surface area (Å²) in [6, 6.07) is 8.07. The number of rotatable bonds is 3. The fourth-order valence-corrected chi connectivity index (χ4v) is 4.31. The summed E-state index contributed by atoms with van der Waals surface area (Å²) < 4.78 is 1.77. The Morgan fingerprint density at radius 3 is 2.42 bits per heavy atom. The van der Waals surface area contributed by atoms with Gasteiger partial charge < -0.3 is 4.90 Å². The molecule has 2 aliphatic heterocycles. The second-order valence-electron chi connectivity index (χ2n) is 7.31. The first-order valence-corrected chi connectivity index (χ1v) is 9.00. The lowest BCUT2D eigenvalue weighted by Gasteiger charge is -2.32. The Morgan fingerprint density at radius 2 is 1.75 bits per heavy atom. The van der Waals surface area contributed by atoms with Crippen LogP contribution in [0.5, 0.6) is 0 Å². The van der Waals surface area contributed by atoms with E-state index < -0.39 is 0 Å². The molecule has 2 fully saturated rings. The standard InChI is InChI=1S/C18H26N6/c1-13(2)24-15-4-5-16(24)12-22(10-9-15)17-6-7-18(20-19-17)23-11-8-14(3)21-23/h6-8,11,13,15-16H,4-5,9-10,12H2,1-3H3/t15-,16+/m1/s1. The maximum absolute atomic E-state index is 4.48. The van der Waals surface area contributed by atoms with Crippen LogP contribution in [0, 0.1) is 6.92 Å². The third-order valence-electron chi connectivity index (χ3n) is 5.35. The minimum absolute atomic E-state index is 0.624. The molecule has 2 bridgehead atoms. The van der Waals surface area contributed by atoms with E-state index in [0.717, 1.165) is 36.5 Å². The quantitative estimate of drug-likeness (QED) is 0.867. The van der Waals surface area contributed by atoms with Crippen molar-refractivity contribution in [3.63, 3.8) is 0 Å². The van der Waals surface area contributed by atoms with Gasteiger partial charge in [-0.05, 0) is 58.2 Å². The number of aromatic nitrogens is 4. The number of anilines is 1. The minimum atomic E-state index is 0.624. The van der Waals surface area contributed by atoms with E-state index in [9.17, 15) is 0 Å². The lowest BCUT2D eigenvalue weighted by Crippen LogP contribution is -2.43. The predicted molar refractivity (Wildman–Crippen MR) is 94.5 cm³/mol. The van der Waals surface area contributed by atoms with Crippen LogP contribution in [0.4, 0.5) is 5.82 Å². The van der Waals surface area contributed by atoms with Crippen molar-refractivity contribution in [1.82, 2.24) is 24.9 Å². The Balaban J connectivity index is 1.52. The first kappa shape index (κ1) is 15.6. The van der Waals surface area contributed by atoms with Crippen LogP contribution in [-0.4, -0.2) is 56.1 Å². The zero-order chi connectivity index (χ0) is 16.7. The highest BCUT2D eigenvalue weighted by Gasteiger charge is 2.38. The highest BCUT2D eigenvalue weighted by atomic mass is 15.4. The van der Waals surface area contributed by atoms with E-state index in [-0.39, 0.29) is 0 Å². The summed E-state index contributed by atoms with van der Waals surface area (Å²) in [7, 11) is 0. The lowest BCUT2D eigenvalue weighted by atomic mass is 10.1. The average Bonchev–Trinajstić information content (AvgIpc) is 3.10. The monoisotopic (exact) mass is 326 g/mol. The number of hydrogen-bond acceptors (Lipinski definition) is 5. The molecule has 0 saturated carbocycles. The van der Waals surface area contributed by atoms with E-state index in [1.54, 1.807) is 4.68 Å². The second-order valence-corrected chi connectivity index (χ2v) is 7.31. The van der Waals surface area contributed by atoms with E-state index in [0.29, 0.717) is 12.1 Å². The Morgan fingerprint density at radius 1 is 1.00 bits per heavy atom. The molecule has 0 spiro atoms. The molecule has 0 aromatic carbocycles. The molecule has 0 amide bonds. The minimum Gasteiger partial charge on any atom is -0.354 e. The SMILES string of the molecule is Cc1ccn(-c2ccc(N3CC[C@H]4CC[C@@H](C3)N4C(C)C)nn2)n1. The summed E-state index contributed by atoms with van der Waals surface area (Å²) in [4.78, 5) is 5.12. The molecule has 0 unspecified atom stereocenters. The van der Waals surface area contributed by atoms with Crippen molar-refractivity contribution in [1.29, 1.82) is 0 Å². The first-order chi connectivity index (χ1) is 11.6. The molecule has 0 radical (unpaired) electrons. The van der Waals surface area contributed by atoms with Crippen molar-refractivity contribution in [3.05, 3.63) is 30.1 Å². The summed E-state index contributed by atoms with van der Waals surface area (Å²) in [6.45, 7) is 8.75. The van der Waals surface area contributed by atoms with Gasteiger partial charge in [0.05, 0.1) is 5.69 Å². The number of nitrogens with zero attached hydrogens (tertiary/aromatic N) is 6. The number of fused-ring (bicyclic) bond motifs is 2. The Kier molecular flexibility index (Phi) is 4.00. The second kappa shape index (κ2) is 6.16. The molecule has 2 aliphatic rings. The van der Waals surface area contributed by atoms with Crippen molar-refractivity contribution >= 4 is 5.82 Å². The third-order valence-corrected chi connectivity index (χ3v) is 5.35. The van der Waals surface area contributed by atoms with Crippen LogP contribution >= 0.6 is 0 Å². The van der Waals surface area contributed by atoms with Crippen molar-refractivity contribution in [2.45, 2.75) is 58.2 Å².